The Labute approximate surface area is 177 Å². The SMILES string of the molecule is Cc1c(C(=O)N2CCc3ccccc3C2)sc2ncnc(NCc3cccs3)c12. The molecule has 4 heterocycles. The highest BCUT2D eigenvalue weighted by molar-refractivity contribution is 7.20. The Hall–Kier alpha value is -2.77. The molecular formula is C22H20N4OS2. The van der Waals surface area contributed by atoms with Crippen LogP contribution in [0, 0.1) is 6.92 Å². The number of fused-ring (bicyclic) bond motifs is 2. The predicted molar refractivity (Wildman–Crippen MR) is 119 cm³/mol. The van der Waals surface area contributed by atoms with E-state index in [1.54, 1.807) is 17.7 Å². The van der Waals surface area contributed by atoms with Crippen molar-refractivity contribution in [3.63, 3.8) is 0 Å². The number of nitrogens with one attached hydrogen (secondary N) is 1. The summed E-state index contributed by atoms with van der Waals surface area (Å²) in [4.78, 5) is 27.0. The molecule has 0 fully saturated rings. The number of hydrogen-bond donors (Lipinski definition) is 1. The monoisotopic (exact) mass is 420 g/mol. The summed E-state index contributed by atoms with van der Waals surface area (Å²) in [7, 11) is 0. The summed E-state index contributed by atoms with van der Waals surface area (Å²) in [6.45, 7) is 4.13. The van der Waals surface area contributed by atoms with Crippen LogP contribution in [0.4, 0.5) is 5.82 Å². The molecule has 4 aromatic rings. The van der Waals surface area contributed by atoms with Crippen molar-refractivity contribution in [3.8, 4) is 0 Å². The molecule has 1 amide bonds. The summed E-state index contributed by atoms with van der Waals surface area (Å²) in [5.74, 6) is 0.879. The number of benzene rings is 1. The maximum Gasteiger partial charge on any atom is 0.264 e. The largest absolute Gasteiger partial charge is 0.365 e. The van der Waals surface area contributed by atoms with Gasteiger partial charge in [-0.3, -0.25) is 4.79 Å². The fraction of sp³-hybridized carbons (Fsp3) is 0.227. The second kappa shape index (κ2) is 7.57. The van der Waals surface area contributed by atoms with Crippen LogP contribution in [0.15, 0.2) is 48.1 Å². The second-order valence-corrected chi connectivity index (χ2v) is 9.17. The van der Waals surface area contributed by atoms with Gasteiger partial charge in [0.05, 0.1) is 16.8 Å². The van der Waals surface area contributed by atoms with Crippen molar-refractivity contribution in [2.24, 2.45) is 0 Å². The van der Waals surface area contributed by atoms with Crippen LogP contribution in [0.5, 0.6) is 0 Å². The van der Waals surface area contributed by atoms with Crippen molar-refractivity contribution in [2.45, 2.75) is 26.4 Å². The molecule has 7 heteroatoms. The van der Waals surface area contributed by atoms with Crippen molar-refractivity contribution < 1.29 is 4.79 Å². The van der Waals surface area contributed by atoms with Crippen molar-refractivity contribution >= 4 is 44.6 Å². The van der Waals surface area contributed by atoms with Crippen LogP contribution in [-0.4, -0.2) is 27.3 Å². The molecule has 1 aromatic carbocycles. The molecule has 29 heavy (non-hydrogen) atoms. The summed E-state index contributed by atoms with van der Waals surface area (Å²) in [6, 6.07) is 12.5. The Balaban J connectivity index is 1.44. The minimum Gasteiger partial charge on any atom is -0.365 e. The first-order chi connectivity index (χ1) is 14.2. The standard InChI is InChI=1S/C22H20N4OS2/c1-14-18-20(23-11-17-7-4-10-28-17)24-13-25-21(18)29-19(14)22(27)26-9-8-15-5-2-3-6-16(15)12-26/h2-7,10,13H,8-9,11-12H2,1H3,(H,23,24,25). The first-order valence-corrected chi connectivity index (χ1v) is 11.3. The molecule has 3 aromatic heterocycles. The smallest absolute Gasteiger partial charge is 0.264 e. The number of anilines is 1. The molecule has 5 rings (SSSR count). The third-order valence-corrected chi connectivity index (χ3v) is 7.41. The van der Waals surface area contributed by atoms with Crippen LogP contribution in [0.2, 0.25) is 0 Å². The van der Waals surface area contributed by atoms with Crippen molar-refractivity contribution in [2.75, 3.05) is 11.9 Å². The minimum atomic E-state index is 0.0872. The number of carbonyl (C=O) groups is 1. The maximum absolute atomic E-state index is 13.3. The van der Waals surface area contributed by atoms with E-state index < -0.39 is 0 Å². The maximum atomic E-state index is 13.3. The Bertz CT molecular complexity index is 1180. The molecule has 1 aliphatic rings. The number of aromatic nitrogens is 2. The van der Waals surface area contributed by atoms with E-state index in [4.69, 9.17) is 0 Å². The van der Waals surface area contributed by atoms with Crippen LogP contribution in [0.1, 0.15) is 31.2 Å². The number of carbonyl (C=O) groups excluding carboxylic acids is 1. The summed E-state index contributed by atoms with van der Waals surface area (Å²) >= 11 is 3.18. The zero-order valence-electron chi connectivity index (χ0n) is 16.0. The third-order valence-electron chi connectivity index (χ3n) is 5.35. The lowest BCUT2D eigenvalue weighted by molar-refractivity contribution is 0.0739. The highest BCUT2D eigenvalue weighted by atomic mass is 32.1. The van der Waals surface area contributed by atoms with Gasteiger partial charge in [-0.2, -0.15) is 0 Å². The van der Waals surface area contributed by atoms with Crippen molar-refractivity contribution in [3.05, 3.63) is 74.6 Å². The van der Waals surface area contributed by atoms with E-state index in [9.17, 15) is 4.79 Å². The van der Waals surface area contributed by atoms with Gasteiger partial charge in [0.1, 0.15) is 17.0 Å². The highest BCUT2D eigenvalue weighted by Crippen LogP contribution is 2.35. The normalized spacial score (nSPS) is 13.5. The van der Waals surface area contributed by atoms with Gasteiger partial charge < -0.3 is 10.2 Å². The molecular weight excluding hydrogens is 400 g/mol. The molecule has 0 saturated carbocycles. The summed E-state index contributed by atoms with van der Waals surface area (Å²) < 4.78 is 0. The van der Waals surface area contributed by atoms with Crippen molar-refractivity contribution in [1.82, 2.24) is 14.9 Å². The fourth-order valence-electron chi connectivity index (χ4n) is 3.81. The Morgan fingerprint density at radius 1 is 1.17 bits per heavy atom. The fourth-order valence-corrected chi connectivity index (χ4v) is 5.57. The molecule has 1 aliphatic heterocycles. The zero-order chi connectivity index (χ0) is 19.8. The van der Waals surface area contributed by atoms with E-state index in [-0.39, 0.29) is 5.91 Å². The van der Waals surface area contributed by atoms with Gasteiger partial charge in [0.15, 0.2) is 0 Å². The molecule has 0 saturated heterocycles. The average Bonchev–Trinajstić information content (AvgIpc) is 3.39. The molecule has 0 spiro atoms. The summed E-state index contributed by atoms with van der Waals surface area (Å²) in [5.41, 5.74) is 3.54. The van der Waals surface area contributed by atoms with Crippen LogP contribution < -0.4 is 5.32 Å². The van der Waals surface area contributed by atoms with E-state index in [1.165, 1.54) is 27.3 Å². The van der Waals surface area contributed by atoms with E-state index >= 15 is 0 Å². The zero-order valence-corrected chi connectivity index (χ0v) is 17.6. The highest BCUT2D eigenvalue weighted by Gasteiger charge is 2.26. The summed E-state index contributed by atoms with van der Waals surface area (Å²) in [6.07, 6.45) is 2.47. The topological polar surface area (TPSA) is 58.1 Å². The van der Waals surface area contributed by atoms with E-state index in [2.05, 4.69) is 44.9 Å². The van der Waals surface area contributed by atoms with E-state index in [1.807, 2.05) is 24.0 Å². The molecule has 1 N–H and O–H groups in total. The lowest BCUT2D eigenvalue weighted by Crippen LogP contribution is -2.35. The lowest BCUT2D eigenvalue weighted by Gasteiger charge is -2.28. The van der Waals surface area contributed by atoms with Gasteiger partial charge in [-0.1, -0.05) is 30.3 Å². The lowest BCUT2D eigenvalue weighted by atomic mass is 9.99. The average molecular weight is 421 g/mol. The molecule has 0 atom stereocenters. The van der Waals surface area contributed by atoms with Gasteiger partial charge in [0.25, 0.3) is 5.91 Å². The summed E-state index contributed by atoms with van der Waals surface area (Å²) in [5, 5.41) is 6.44. The number of rotatable bonds is 4. The van der Waals surface area contributed by atoms with Crippen LogP contribution in [0.3, 0.4) is 0 Å². The number of thiophene rings is 2. The Morgan fingerprint density at radius 3 is 2.86 bits per heavy atom. The van der Waals surface area contributed by atoms with E-state index in [0.29, 0.717) is 13.1 Å². The minimum absolute atomic E-state index is 0.0872. The van der Waals surface area contributed by atoms with Gasteiger partial charge in [-0.25, -0.2) is 9.97 Å². The van der Waals surface area contributed by atoms with Gasteiger partial charge in [-0.15, -0.1) is 22.7 Å². The van der Waals surface area contributed by atoms with Gasteiger partial charge in [0.2, 0.25) is 0 Å². The molecule has 146 valence electrons. The number of nitrogens with zero attached hydrogens (tertiary/aromatic N) is 3. The Kier molecular flexibility index (Phi) is 4.77. The molecule has 5 nitrogen and oxygen atoms in total. The van der Waals surface area contributed by atoms with Gasteiger partial charge in [0, 0.05) is 18.0 Å². The second-order valence-electron chi connectivity index (χ2n) is 7.14. The van der Waals surface area contributed by atoms with Crippen LogP contribution >= 0.6 is 22.7 Å². The number of aryl methyl sites for hydroxylation is 1. The van der Waals surface area contributed by atoms with Crippen molar-refractivity contribution in [1.29, 1.82) is 0 Å². The molecule has 0 bridgehead atoms. The molecule has 0 radical (unpaired) electrons. The first-order valence-electron chi connectivity index (χ1n) is 9.57. The van der Waals surface area contributed by atoms with Gasteiger partial charge in [-0.05, 0) is 41.5 Å². The quantitative estimate of drug-likeness (QED) is 0.512. The van der Waals surface area contributed by atoms with Crippen LogP contribution in [-0.2, 0) is 19.5 Å². The Morgan fingerprint density at radius 2 is 2.03 bits per heavy atom. The third kappa shape index (κ3) is 3.41. The molecule has 0 aliphatic carbocycles. The number of hydrogen-bond acceptors (Lipinski definition) is 6. The number of amides is 1. The van der Waals surface area contributed by atoms with Gasteiger partial charge >= 0.3 is 0 Å². The van der Waals surface area contributed by atoms with E-state index in [0.717, 1.165) is 39.4 Å². The predicted octanol–water partition coefficient (Wildman–Crippen LogP) is 4.87. The van der Waals surface area contributed by atoms with Crippen LogP contribution in [0.25, 0.3) is 10.2 Å². The first kappa shape index (κ1) is 18.3. The molecule has 0 unspecified atom stereocenters.